The molecule has 0 unspecified atom stereocenters. The maximum atomic E-state index is 12.2. The number of nitrogens with zero attached hydrogens (tertiary/aromatic N) is 1. The van der Waals surface area contributed by atoms with Crippen molar-refractivity contribution in [2.75, 3.05) is 23.8 Å². The van der Waals surface area contributed by atoms with Crippen molar-refractivity contribution in [3.8, 4) is 0 Å². The Bertz CT molecular complexity index is 804. The molecule has 2 aromatic rings. The Morgan fingerprint density at radius 1 is 1.07 bits per heavy atom. The average Bonchev–Trinajstić information content (AvgIpc) is 3.09. The Hall–Kier alpha value is -2.94. The van der Waals surface area contributed by atoms with Crippen LogP contribution < -0.4 is 10.6 Å². The van der Waals surface area contributed by atoms with Gasteiger partial charge in [0.05, 0.1) is 30.9 Å². The van der Waals surface area contributed by atoms with Crippen molar-refractivity contribution in [2.24, 2.45) is 0 Å². The fraction of sp³-hybridized carbons (Fsp3) is 0.368. The van der Waals surface area contributed by atoms with Crippen LogP contribution in [0.1, 0.15) is 42.7 Å². The fourth-order valence-corrected chi connectivity index (χ4v) is 2.85. The second-order valence-electron chi connectivity index (χ2n) is 5.78. The second kappa shape index (κ2) is 11.0. The van der Waals surface area contributed by atoms with Gasteiger partial charge in [-0.05, 0) is 37.6 Å². The predicted molar refractivity (Wildman–Crippen MR) is 107 cm³/mol. The summed E-state index contributed by atoms with van der Waals surface area (Å²) in [5, 5.41) is 7.29. The quantitative estimate of drug-likeness (QED) is 0.485. The van der Waals surface area contributed by atoms with Crippen molar-refractivity contribution in [1.82, 2.24) is 4.98 Å². The smallest absolute Gasteiger partial charge is 0.413 e. The summed E-state index contributed by atoms with van der Waals surface area (Å²) < 4.78 is 9.91. The minimum atomic E-state index is -0.582. The number of hydrogen-bond acceptors (Lipinski definition) is 7. The van der Waals surface area contributed by atoms with Gasteiger partial charge in [-0.25, -0.2) is 14.6 Å². The van der Waals surface area contributed by atoms with Crippen molar-refractivity contribution in [1.29, 1.82) is 0 Å². The lowest BCUT2D eigenvalue weighted by molar-refractivity contribution is -0.115. The van der Waals surface area contributed by atoms with Crippen molar-refractivity contribution in [2.45, 2.75) is 33.1 Å². The van der Waals surface area contributed by atoms with Crippen molar-refractivity contribution >= 4 is 40.1 Å². The first-order valence-corrected chi connectivity index (χ1v) is 9.85. The van der Waals surface area contributed by atoms with Gasteiger partial charge in [-0.15, -0.1) is 11.3 Å². The van der Waals surface area contributed by atoms with Crippen LogP contribution in [0.3, 0.4) is 0 Å². The molecule has 0 saturated heterocycles. The number of unbranched alkanes of at least 4 members (excludes halogenated alkanes) is 1. The van der Waals surface area contributed by atoms with Crippen molar-refractivity contribution in [3.63, 3.8) is 0 Å². The van der Waals surface area contributed by atoms with E-state index in [0.29, 0.717) is 28.7 Å². The van der Waals surface area contributed by atoms with E-state index in [1.54, 1.807) is 36.6 Å². The zero-order chi connectivity index (χ0) is 20.4. The van der Waals surface area contributed by atoms with Crippen LogP contribution in [0, 0.1) is 0 Å². The van der Waals surface area contributed by atoms with Gasteiger partial charge in [-0.3, -0.25) is 10.1 Å². The monoisotopic (exact) mass is 405 g/mol. The van der Waals surface area contributed by atoms with E-state index >= 15 is 0 Å². The number of aromatic nitrogens is 1. The lowest BCUT2D eigenvalue weighted by Crippen LogP contribution is -2.15. The molecule has 1 aromatic carbocycles. The van der Waals surface area contributed by atoms with E-state index in [1.807, 2.05) is 6.92 Å². The number of amides is 2. The molecule has 2 rings (SSSR count). The minimum Gasteiger partial charge on any atom is -0.462 e. The number of rotatable bonds is 9. The van der Waals surface area contributed by atoms with Gasteiger partial charge in [0, 0.05) is 11.1 Å². The zero-order valence-corrected chi connectivity index (χ0v) is 16.6. The normalized spacial score (nSPS) is 10.2. The number of anilines is 2. The van der Waals surface area contributed by atoms with E-state index in [2.05, 4.69) is 15.6 Å². The van der Waals surface area contributed by atoms with Gasteiger partial charge in [0.1, 0.15) is 0 Å². The maximum absolute atomic E-state index is 12.2. The van der Waals surface area contributed by atoms with E-state index in [-0.39, 0.29) is 24.9 Å². The summed E-state index contributed by atoms with van der Waals surface area (Å²) in [5.41, 5.74) is 1.53. The standard InChI is InChI=1S/C19H23N3O5S/c1-3-5-10-27-17(24)13-6-8-14(9-7-13)20-16(23)11-15-12-28-18(21-15)22-19(25)26-4-2/h6-9,12H,3-5,10-11H2,1-2H3,(H,20,23)(H,21,22,25). The van der Waals surface area contributed by atoms with E-state index in [0.717, 1.165) is 12.8 Å². The largest absolute Gasteiger partial charge is 0.462 e. The van der Waals surface area contributed by atoms with E-state index in [1.165, 1.54) is 11.3 Å². The summed E-state index contributed by atoms with van der Waals surface area (Å²) in [7, 11) is 0. The van der Waals surface area contributed by atoms with Crippen LogP contribution >= 0.6 is 11.3 Å². The summed E-state index contributed by atoms with van der Waals surface area (Å²) in [6.07, 6.45) is 1.26. The summed E-state index contributed by atoms with van der Waals surface area (Å²) in [6.45, 7) is 4.39. The van der Waals surface area contributed by atoms with Gasteiger partial charge in [0.25, 0.3) is 0 Å². The molecule has 1 aromatic heterocycles. The molecular formula is C19H23N3O5S. The molecule has 1 heterocycles. The Labute approximate surface area is 167 Å². The highest BCUT2D eigenvalue weighted by Crippen LogP contribution is 2.17. The average molecular weight is 405 g/mol. The van der Waals surface area contributed by atoms with Gasteiger partial charge in [0.15, 0.2) is 5.13 Å². The topological polar surface area (TPSA) is 107 Å². The van der Waals surface area contributed by atoms with E-state index in [4.69, 9.17) is 9.47 Å². The summed E-state index contributed by atoms with van der Waals surface area (Å²) >= 11 is 1.21. The first-order valence-electron chi connectivity index (χ1n) is 8.97. The Morgan fingerprint density at radius 3 is 2.50 bits per heavy atom. The molecular weight excluding hydrogens is 382 g/mol. The molecule has 0 spiro atoms. The van der Waals surface area contributed by atoms with Crippen LogP contribution in [-0.4, -0.2) is 36.2 Å². The Morgan fingerprint density at radius 2 is 1.82 bits per heavy atom. The summed E-state index contributed by atoms with van der Waals surface area (Å²) in [5.74, 6) is -0.637. The van der Waals surface area contributed by atoms with E-state index in [9.17, 15) is 14.4 Å². The highest BCUT2D eigenvalue weighted by molar-refractivity contribution is 7.13. The van der Waals surface area contributed by atoms with Gasteiger partial charge in [-0.2, -0.15) is 0 Å². The molecule has 2 N–H and O–H groups in total. The Kier molecular flexibility index (Phi) is 8.41. The Balaban J connectivity index is 1.83. The first kappa shape index (κ1) is 21.4. The van der Waals surface area contributed by atoms with Crippen LogP contribution in [0.2, 0.25) is 0 Å². The molecule has 8 nitrogen and oxygen atoms in total. The molecule has 150 valence electrons. The predicted octanol–water partition coefficient (Wildman–Crippen LogP) is 3.85. The third kappa shape index (κ3) is 6.99. The highest BCUT2D eigenvalue weighted by atomic mass is 32.1. The number of hydrogen-bond donors (Lipinski definition) is 2. The van der Waals surface area contributed by atoms with Crippen LogP contribution in [0.15, 0.2) is 29.6 Å². The lowest BCUT2D eigenvalue weighted by atomic mass is 10.2. The first-order chi connectivity index (χ1) is 13.5. The van der Waals surface area contributed by atoms with Gasteiger partial charge < -0.3 is 14.8 Å². The lowest BCUT2D eigenvalue weighted by Gasteiger charge is -2.06. The molecule has 0 aliphatic heterocycles. The van der Waals surface area contributed by atoms with Crippen LogP contribution in [0.4, 0.5) is 15.6 Å². The number of ether oxygens (including phenoxy) is 2. The van der Waals surface area contributed by atoms with Crippen molar-refractivity contribution < 1.29 is 23.9 Å². The summed E-state index contributed by atoms with van der Waals surface area (Å²) in [4.78, 5) is 39.5. The van der Waals surface area contributed by atoms with Gasteiger partial charge in [-0.1, -0.05) is 13.3 Å². The van der Waals surface area contributed by atoms with Crippen molar-refractivity contribution in [3.05, 3.63) is 40.9 Å². The molecule has 0 saturated carbocycles. The van der Waals surface area contributed by atoms with Gasteiger partial charge in [0.2, 0.25) is 5.91 Å². The van der Waals surface area contributed by atoms with Crippen LogP contribution in [-0.2, 0) is 20.7 Å². The highest BCUT2D eigenvalue weighted by Gasteiger charge is 2.11. The molecule has 9 heteroatoms. The molecule has 0 atom stereocenters. The molecule has 0 radical (unpaired) electrons. The number of carbonyl (C=O) groups excluding carboxylic acids is 3. The SMILES string of the molecule is CCCCOC(=O)c1ccc(NC(=O)Cc2csc(NC(=O)OCC)n2)cc1. The molecule has 0 aliphatic rings. The molecule has 0 fully saturated rings. The zero-order valence-electron chi connectivity index (χ0n) is 15.8. The van der Waals surface area contributed by atoms with Gasteiger partial charge >= 0.3 is 12.1 Å². The number of esters is 1. The molecule has 2 amide bonds. The third-order valence-electron chi connectivity index (χ3n) is 3.51. The minimum absolute atomic E-state index is 0.0574. The number of thiazole rings is 1. The fourth-order valence-electron chi connectivity index (χ4n) is 2.15. The van der Waals surface area contributed by atoms with Crippen LogP contribution in [0.5, 0.6) is 0 Å². The maximum Gasteiger partial charge on any atom is 0.413 e. The number of carbonyl (C=O) groups is 3. The second-order valence-corrected chi connectivity index (χ2v) is 6.64. The van der Waals surface area contributed by atoms with E-state index < -0.39 is 6.09 Å². The third-order valence-corrected chi connectivity index (χ3v) is 4.32. The molecule has 28 heavy (non-hydrogen) atoms. The molecule has 0 bridgehead atoms. The summed E-state index contributed by atoms with van der Waals surface area (Å²) in [6, 6.07) is 6.49. The number of benzene rings is 1. The number of nitrogens with one attached hydrogen (secondary N) is 2. The van der Waals surface area contributed by atoms with Crippen LogP contribution in [0.25, 0.3) is 0 Å². The molecule has 0 aliphatic carbocycles.